The van der Waals surface area contributed by atoms with E-state index < -0.39 is 0 Å². The number of nitrogens with one attached hydrogen (secondary N) is 1. The van der Waals surface area contributed by atoms with Crippen LogP contribution in [0.25, 0.3) is 0 Å². The van der Waals surface area contributed by atoms with E-state index in [1.165, 1.54) is 5.00 Å². The number of fused-ring (bicyclic) bond motifs is 1. The molecule has 0 fully saturated rings. The van der Waals surface area contributed by atoms with Crippen LogP contribution in [0, 0.1) is 0 Å². The summed E-state index contributed by atoms with van der Waals surface area (Å²) in [6.07, 6.45) is 1.88. The zero-order chi connectivity index (χ0) is 6.10. The normalized spacial score (nSPS) is 14.7. The molecule has 0 saturated carbocycles. The smallest absolute Gasteiger partial charge is 0.115 e. The molecule has 1 N–H and O–H groups in total. The van der Waals surface area contributed by atoms with Gasteiger partial charge in [0.2, 0.25) is 0 Å². The van der Waals surface area contributed by atoms with Crippen LogP contribution in [0.3, 0.4) is 0 Å². The molecule has 1 aliphatic heterocycles. The number of hydrogen-bond acceptors (Lipinski definition) is 3. The maximum Gasteiger partial charge on any atom is 0.115 e. The van der Waals surface area contributed by atoms with Crippen LogP contribution in [0.2, 0.25) is 0 Å². The third-order valence-corrected chi connectivity index (χ3v) is 2.09. The molecule has 0 amide bonds. The standard InChI is InChI=1S/C6H6N2S/c1-4-9-6-5(1)7-2-3-8-6/h1-2,4,8H,3H2. The second kappa shape index (κ2) is 1.84. The Morgan fingerprint density at radius 3 is 3.56 bits per heavy atom. The van der Waals surface area contributed by atoms with Gasteiger partial charge in [-0.05, 0) is 11.4 Å². The lowest BCUT2D eigenvalue weighted by atomic mass is 10.4. The Morgan fingerprint density at radius 1 is 1.67 bits per heavy atom. The molecular weight excluding hydrogens is 132 g/mol. The highest BCUT2D eigenvalue weighted by Gasteiger charge is 2.03. The molecule has 0 spiro atoms. The second-order valence-corrected chi connectivity index (χ2v) is 2.74. The van der Waals surface area contributed by atoms with Crippen LogP contribution in [-0.4, -0.2) is 12.8 Å². The van der Waals surface area contributed by atoms with E-state index in [2.05, 4.69) is 10.3 Å². The van der Waals surface area contributed by atoms with E-state index in [9.17, 15) is 0 Å². The highest BCUT2D eigenvalue weighted by molar-refractivity contribution is 7.14. The second-order valence-electron chi connectivity index (χ2n) is 1.83. The van der Waals surface area contributed by atoms with Crippen molar-refractivity contribution in [2.45, 2.75) is 0 Å². The van der Waals surface area contributed by atoms with Gasteiger partial charge in [-0.25, -0.2) is 0 Å². The quantitative estimate of drug-likeness (QED) is 0.581. The molecule has 2 rings (SSSR count). The van der Waals surface area contributed by atoms with Gasteiger partial charge in [-0.1, -0.05) is 0 Å². The van der Waals surface area contributed by atoms with E-state index in [1.54, 1.807) is 11.3 Å². The SMILES string of the molecule is C1=Nc2ccsc2NC1. The van der Waals surface area contributed by atoms with E-state index in [4.69, 9.17) is 0 Å². The Hall–Kier alpha value is -0.830. The third kappa shape index (κ3) is 0.733. The van der Waals surface area contributed by atoms with E-state index >= 15 is 0 Å². The summed E-state index contributed by atoms with van der Waals surface area (Å²) in [6.45, 7) is 0.869. The molecule has 0 radical (unpaired) electrons. The number of rotatable bonds is 0. The fraction of sp³-hybridized carbons (Fsp3) is 0.167. The number of thiophene rings is 1. The molecule has 0 aliphatic carbocycles. The van der Waals surface area contributed by atoms with Crippen molar-refractivity contribution in [3.8, 4) is 0 Å². The first-order valence-electron chi connectivity index (χ1n) is 2.81. The van der Waals surface area contributed by atoms with Crippen LogP contribution in [0.1, 0.15) is 0 Å². The first-order valence-corrected chi connectivity index (χ1v) is 3.69. The minimum Gasteiger partial charge on any atom is -0.370 e. The van der Waals surface area contributed by atoms with Crippen LogP contribution in [0.15, 0.2) is 16.4 Å². The average molecular weight is 138 g/mol. The molecule has 2 nitrogen and oxygen atoms in total. The van der Waals surface area contributed by atoms with E-state index in [0.717, 1.165) is 12.2 Å². The molecule has 1 aromatic rings. The van der Waals surface area contributed by atoms with Gasteiger partial charge >= 0.3 is 0 Å². The molecular formula is C6H6N2S. The molecule has 0 unspecified atom stereocenters. The molecule has 9 heavy (non-hydrogen) atoms. The molecule has 1 aliphatic rings. The Bertz CT molecular complexity index is 239. The van der Waals surface area contributed by atoms with Gasteiger partial charge < -0.3 is 5.32 Å². The summed E-state index contributed by atoms with van der Waals surface area (Å²) in [5, 5.41) is 6.45. The lowest BCUT2D eigenvalue weighted by Crippen LogP contribution is -2.03. The highest BCUT2D eigenvalue weighted by atomic mass is 32.1. The van der Waals surface area contributed by atoms with E-state index in [1.807, 2.05) is 17.7 Å². The van der Waals surface area contributed by atoms with Crippen LogP contribution in [-0.2, 0) is 0 Å². The van der Waals surface area contributed by atoms with Crippen molar-refractivity contribution in [1.29, 1.82) is 0 Å². The largest absolute Gasteiger partial charge is 0.370 e. The Labute approximate surface area is 57.2 Å². The molecule has 0 bridgehead atoms. The predicted octanol–water partition coefficient (Wildman–Crippen LogP) is 1.88. The Balaban J connectivity index is 2.53. The lowest BCUT2D eigenvalue weighted by Gasteiger charge is -2.04. The topological polar surface area (TPSA) is 24.4 Å². The van der Waals surface area contributed by atoms with Crippen molar-refractivity contribution >= 4 is 28.2 Å². The Morgan fingerprint density at radius 2 is 2.67 bits per heavy atom. The average Bonchev–Trinajstić information content (AvgIpc) is 2.33. The zero-order valence-corrected chi connectivity index (χ0v) is 5.61. The van der Waals surface area contributed by atoms with E-state index in [0.29, 0.717) is 0 Å². The summed E-state index contributed by atoms with van der Waals surface area (Å²) >= 11 is 1.70. The van der Waals surface area contributed by atoms with Gasteiger partial charge in [0.05, 0.1) is 12.2 Å². The minimum atomic E-state index is 0.869. The van der Waals surface area contributed by atoms with Crippen molar-refractivity contribution in [3.63, 3.8) is 0 Å². The molecule has 0 saturated heterocycles. The fourth-order valence-corrected chi connectivity index (χ4v) is 1.56. The summed E-state index contributed by atoms with van der Waals surface area (Å²) < 4.78 is 0. The summed E-state index contributed by atoms with van der Waals surface area (Å²) in [4.78, 5) is 4.18. The fourth-order valence-electron chi connectivity index (χ4n) is 0.819. The van der Waals surface area contributed by atoms with Gasteiger partial charge in [0.15, 0.2) is 0 Å². The van der Waals surface area contributed by atoms with Crippen molar-refractivity contribution in [2.24, 2.45) is 4.99 Å². The summed E-state index contributed by atoms with van der Waals surface area (Å²) in [5.74, 6) is 0. The maximum absolute atomic E-state index is 4.18. The van der Waals surface area contributed by atoms with Gasteiger partial charge in [0, 0.05) is 6.21 Å². The van der Waals surface area contributed by atoms with Gasteiger partial charge in [0.25, 0.3) is 0 Å². The van der Waals surface area contributed by atoms with Crippen molar-refractivity contribution in [2.75, 3.05) is 11.9 Å². The Kier molecular flexibility index (Phi) is 1.02. The number of anilines is 1. The van der Waals surface area contributed by atoms with Crippen molar-refractivity contribution in [1.82, 2.24) is 0 Å². The predicted molar refractivity (Wildman–Crippen MR) is 41.0 cm³/mol. The van der Waals surface area contributed by atoms with Gasteiger partial charge in [-0.2, -0.15) is 0 Å². The zero-order valence-electron chi connectivity index (χ0n) is 4.79. The lowest BCUT2D eigenvalue weighted by molar-refractivity contribution is 1.38. The summed E-state index contributed by atoms with van der Waals surface area (Å²) in [6, 6.07) is 2.02. The minimum absolute atomic E-state index is 0.869. The molecule has 46 valence electrons. The molecule has 0 atom stereocenters. The number of nitrogens with zero attached hydrogens (tertiary/aromatic N) is 1. The van der Waals surface area contributed by atoms with Gasteiger partial charge in [0.1, 0.15) is 5.00 Å². The van der Waals surface area contributed by atoms with Crippen LogP contribution >= 0.6 is 11.3 Å². The van der Waals surface area contributed by atoms with Crippen molar-refractivity contribution in [3.05, 3.63) is 11.4 Å². The van der Waals surface area contributed by atoms with Crippen LogP contribution in [0.4, 0.5) is 10.7 Å². The van der Waals surface area contributed by atoms with Crippen LogP contribution in [0.5, 0.6) is 0 Å². The third-order valence-electron chi connectivity index (χ3n) is 1.23. The van der Waals surface area contributed by atoms with Crippen molar-refractivity contribution < 1.29 is 0 Å². The maximum atomic E-state index is 4.18. The molecule has 3 heteroatoms. The van der Waals surface area contributed by atoms with Crippen LogP contribution < -0.4 is 5.32 Å². The van der Waals surface area contributed by atoms with E-state index in [-0.39, 0.29) is 0 Å². The van der Waals surface area contributed by atoms with Gasteiger partial charge in [-0.15, -0.1) is 11.3 Å². The van der Waals surface area contributed by atoms with Gasteiger partial charge in [-0.3, -0.25) is 4.99 Å². The number of aliphatic imine (C=N–C) groups is 1. The molecule has 1 aromatic heterocycles. The first kappa shape index (κ1) is 4.99. The molecule has 0 aromatic carbocycles. The molecule has 2 heterocycles. The monoisotopic (exact) mass is 138 g/mol. The number of hydrogen-bond donors (Lipinski definition) is 1. The first-order chi connectivity index (χ1) is 4.47. The summed E-state index contributed by atoms with van der Waals surface area (Å²) in [5.41, 5.74) is 1.08. The summed E-state index contributed by atoms with van der Waals surface area (Å²) in [7, 11) is 0. The highest BCUT2D eigenvalue weighted by Crippen LogP contribution is 2.31.